The molecule has 0 aliphatic carbocycles. The highest BCUT2D eigenvalue weighted by molar-refractivity contribution is 7.17. The zero-order valence-electron chi connectivity index (χ0n) is 13.4. The van der Waals surface area contributed by atoms with Gasteiger partial charge in [-0.2, -0.15) is 0 Å². The Hall–Kier alpha value is -3.06. The summed E-state index contributed by atoms with van der Waals surface area (Å²) in [5.74, 6) is 1.61. The van der Waals surface area contributed by atoms with Crippen LogP contribution in [0.3, 0.4) is 0 Å². The van der Waals surface area contributed by atoms with Crippen LogP contribution in [0.2, 0.25) is 0 Å². The Labute approximate surface area is 149 Å². The third kappa shape index (κ3) is 3.41. The number of anilines is 2. The van der Waals surface area contributed by atoms with E-state index in [0.29, 0.717) is 6.54 Å². The van der Waals surface area contributed by atoms with Gasteiger partial charge in [0.1, 0.15) is 22.8 Å². The minimum Gasteiger partial charge on any atom is -0.368 e. The van der Waals surface area contributed by atoms with E-state index < -0.39 is 0 Å². The summed E-state index contributed by atoms with van der Waals surface area (Å²) in [6.07, 6.45) is 6.63. The van der Waals surface area contributed by atoms with Gasteiger partial charge in [0, 0.05) is 36.4 Å². The fraction of sp³-hybridized carbons (Fsp3) is 0.111. The molecule has 0 saturated carbocycles. The third-order valence-electron chi connectivity index (χ3n) is 3.74. The van der Waals surface area contributed by atoms with Gasteiger partial charge >= 0.3 is 0 Å². The molecule has 7 heteroatoms. The Morgan fingerprint density at radius 1 is 0.920 bits per heavy atom. The van der Waals surface area contributed by atoms with Crippen molar-refractivity contribution in [2.75, 3.05) is 23.7 Å². The van der Waals surface area contributed by atoms with E-state index in [1.54, 1.807) is 36.3 Å². The van der Waals surface area contributed by atoms with Crippen molar-refractivity contribution >= 4 is 33.2 Å². The molecule has 4 rings (SSSR count). The number of thiophene rings is 1. The number of fused-ring (bicyclic) bond motifs is 1. The zero-order valence-corrected chi connectivity index (χ0v) is 14.2. The van der Waals surface area contributed by atoms with Gasteiger partial charge in [0.15, 0.2) is 0 Å². The summed E-state index contributed by atoms with van der Waals surface area (Å²) in [6, 6.07) is 10.3. The Balaban J connectivity index is 1.52. The second-order valence-electron chi connectivity index (χ2n) is 5.36. The highest BCUT2D eigenvalue weighted by Crippen LogP contribution is 2.36. The SMILES string of the molecule is c1ccc(-c2csc3ncnc(NCCNc4cnccn4)c23)cc1. The van der Waals surface area contributed by atoms with Crippen molar-refractivity contribution in [2.24, 2.45) is 0 Å². The molecule has 4 aromatic rings. The summed E-state index contributed by atoms with van der Waals surface area (Å²) in [6.45, 7) is 1.43. The van der Waals surface area contributed by atoms with Crippen LogP contribution < -0.4 is 10.6 Å². The number of benzene rings is 1. The van der Waals surface area contributed by atoms with E-state index in [0.717, 1.165) is 34.0 Å². The molecule has 0 amide bonds. The summed E-state index contributed by atoms with van der Waals surface area (Å²) >= 11 is 1.63. The third-order valence-corrected chi connectivity index (χ3v) is 4.63. The first-order valence-corrected chi connectivity index (χ1v) is 8.81. The fourth-order valence-corrected chi connectivity index (χ4v) is 3.52. The van der Waals surface area contributed by atoms with E-state index in [4.69, 9.17) is 0 Å². The van der Waals surface area contributed by atoms with Crippen LogP contribution in [0.15, 0.2) is 60.6 Å². The molecule has 0 spiro atoms. The fourth-order valence-electron chi connectivity index (χ4n) is 2.60. The van der Waals surface area contributed by atoms with Crippen molar-refractivity contribution in [1.82, 2.24) is 19.9 Å². The van der Waals surface area contributed by atoms with E-state index in [-0.39, 0.29) is 0 Å². The molecule has 0 aliphatic rings. The Morgan fingerprint density at radius 2 is 1.80 bits per heavy atom. The lowest BCUT2D eigenvalue weighted by Gasteiger charge is -2.09. The molecular formula is C18H16N6S. The summed E-state index contributed by atoms with van der Waals surface area (Å²) < 4.78 is 0. The molecule has 25 heavy (non-hydrogen) atoms. The second-order valence-corrected chi connectivity index (χ2v) is 6.22. The van der Waals surface area contributed by atoms with Crippen LogP contribution in [0.4, 0.5) is 11.6 Å². The zero-order chi connectivity index (χ0) is 16.9. The molecule has 0 bridgehead atoms. The Kier molecular flexibility index (Phi) is 4.47. The summed E-state index contributed by atoms with van der Waals surface area (Å²) in [7, 11) is 0. The number of rotatable bonds is 6. The number of nitrogens with zero attached hydrogens (tertiary/aromatic N) is 4. The van der Waals surface area contributed by atoms with E-state index in [1.165, 1.54) is 5.56 Å². The molecular weight excluding hydrogens is 332 g/mol. The summed E-state index contributed by atoms with van der Waals surface area (Å²) in [4.78, 5) is 18.0. The quantitative estimate of drug-likeness (QED) is 0.518. The average Bonchev–Trinajstić information content (AvgIpc) is 3.12. The molecule has 0 saturated heterocycles. The molecule has 0 fully saturated rings. The maximum absolute atomic E-state index is 4.44. The van der Waals surface area contributed by atoms with E-state index >= 15 is 0 Å². The van der Waals surface area contributed by atoms with Crippen molar-refractivity contribution in [3.63, 3.8) is 0 Å². The Morgan fingerprint density at radius 3 is 2.64 bits per heavy atom. The predicted octanol–water partition coefficient (Wildman–Crippen LogP) is 3.67. The van der Waals surface area contributed by atoms with E-state index in [9.17, 15) is 0 Å². The lowest BCUT2D eigenvalue weighted by molar-refractivity contribution is 1.04. The highest BCUT2D eigenvalue weighted by Gasteiger charge is 2.12. The molecule has 124 valence electrons. The lowest BCUT2D eigenvalue weighted by atomic mass is 10.1. The molecule has 0 unspecified atom stereocenters. The van der Waals surface area contributed by atoms with Gasteiger partial charge in [-0.3, -0.25) is 4.98 Å². The second kappa shape index (κ2) is 7.23. The predicted molar refractivity (Wildman–Crippen MR) is 102 cm³/mol. The minimum absolute atomic E-state index is 0.715. The van der Waals surface area contributed by atoms with Crippen LogP contribution in [0.25, 0.3) is 21.3 Å². The lowest BCUT2D eigenvalue weighted by Crippen LogP contribution is -2.15. The molecule has 1 aromatic carbocycles. The highest BCUT2D eigenvalue weighted by atomic mass is 32.1. The summed E-state index contributed by atoms with van der Waals surface area (Å²) in [5, 5.41) is 9.83. The van der Waals surface area contributed by atoms with E-state index in [1.807, 2.05) is 18.2 Å². The van der Waals surface area contributed by atoms with Gasteiger partial charge in [0.25, 0.3) is 0 Å². The van der Waals surface area contributed by atoms with Crippen molar-refractivity contribution in [3.8, 4) is 11.1 Å². The van der Waals surface area contributed by atoms with Gasteiger partial charge in [0.05, 0.1) is 11.6 Å². The first-order valence-electron chi connectivity index (χ1n) is 7.93. The summed E-state index contributed by atoms with van der Waals surface area (Å²) in [5.41, 5.74) is 2.33. The first kappa shape index (κ1) is 15.5. The monoisotopic (exact) mass is 348 g/mol. The molecule has 0 aliphatic heterocycles. The van der Waals surface area contributed by atoms with Gasteiger partial charge < -0.3 is 10.6 Å². The van der Waals surface area contributed by atoms with Gasteiger partial charge in [0.2, 0.25) is 0 Å². The van der Waals surface area contributed by atoms with Crippen molar-refractivity contribution in [3.05, 3.63) is 60.6 Å². The normalized spacial score (nSPS) is 10.7. The van der Waals surface area contributed by atoms with Crippen molar-refractivity contribution in [2.45, 2.75) is 0 Å². The number of aromatic nitrogens is 4. The largest absolute Gasteiger partial charge is 0.368 e. The number of hydrogen-bond donors (Lipinski definition) is 2. The first-order chi connectivity index (χ1) is 12.4. The van der Waals surface area contributed by atoms with Crippen molar-refractivity contribution < 1.29 is 0 Å². The average molecular weight is 348 g/mol. The van der Waals surface area contributed by atoms with Gasteiger partial charge in [-0.15, -0.1) is 11.3 Å². The molecule has 0 radical (unpaired) electrons. The number of hydrogen-bond acceptors (Lipinski definition) is 7. The molecule has 2 N–H and O–H groups in total. The maximum Gasteiger partial charge on any atom is 0.144 e. The van der Waals surface area contributed by atoms with Gasteiger partial charge in [-0.1, -0.05) is 30.3 Å². The van der Waals surface area contributed by atoms with Crippen LogP contribution in [0.5, 0.6) is 0 Å². The maximum atomic E-state index is 4.44. The van der Waals surface area contributed by atoms with Gasteiger partial charge in [-0.05, 0) is 5.56 Å². The minimum atomic E-state index is 0.715. The number of nitrogens with one attached hydrogen (secondary N) is 2. The molecule has 6 nitrogen and oxygen atoms in total. The molecule has 3 heterocycles. The molecule has 3 aromatic heterocycles. The smallest absolute Gasteiger partial charge is 0.144 e. The van der Waals surface area contributed by atoms with Crippen LogP contribution in [0, 0.1) is 0 Å². The topological polar surface area (TPSA) is 75.6 Å². The molecule has 0 atom stereocenters. The van der Waals surface area contributed by atoms with Crippen molar-refractivity contribution in [1.29, 1.82) is 0 Å². The van der Waals surface area contributed by atoms with E-state index in [2.05, 4.69) is 48.1 Å². The van der Waals surface area contributed by atoms with Gasteiger partial charge in [-0.25, -0.2) is 15.0 Å². The Bertz CT molecular complexity index is 955. The standard InChI is InChI=1S/C18H16N6S/c1-2-4-13(5-3-1)14-11-25-18-16(14)17(23-12-24-18)22-9-8-21-15-10-19-6-7-20-15/h1-7,10-12H,8-9H2,(H,20,21)(H,22,23,24). The van der Waals surface area contributed by atoms with Crippen LogP contribution in [-0.2, 0) is 0 Å². The van der Waals surface area contributed by atoms with Crippen LogP contribution in [-0.4, -0.2) is 33.0 Å². The van der Waals surface area contributed by atoms with Crippen LogP contribution >= 0.6 is 11.3 Å². The van der Waals surface area contributed by atoms with Crippen LogP contribution in [0.1, 0.15) is 0 Å².